The smallest absolute Gasteiger partial charge is 0.411 e. The molecule has 0 saturated heterocycles. The van der Waals surface area contributed by atoms with Gasteiger partial charge in [0.15, 0.2) is 0 Å². The number of rotatable bonds is 10. The first kappa shape index (κ1) is 50.5. The quantitative estimate of drug-likeness (QED) is 0.0964. The molecule has 70 heavy (non-hydrogen) atoms. The van der Waals surface area contributed by atoms with Crippen molar-refractivity contribution in [3.8, 4) is 22.3 Å². The number of amides is 2. The second kappa shape index (κ2) is 21.5. The van der Waals surface area contributed by atoms with Gasteiger partial charge < -0.3 is 18.9 Å². The zero-order valence-electron chi connectivity index (χ0n) is 42.0. The van der Waals surface area contributed by atoms with Crippen LogP contribution in [0.25, 0.3) is 22.3 Å². The summed E-state index contributed by atoms with van der Waals surface area (Å²) in [5, 5.41) is 0. The molecule has 2 aliphatic heterocycles. The van der Waals surface area contributed by atoms with E-state index < -0.39 is 11.2 Å². The number of carbonyl (C=O) groups is 4. The van der Waals surface area contributed by atoms with Crippen LogP contribution in [0.1, 0.15) is 132 Å². The molecule has 6 aromatic rings. The summed E-state index contributed by atoms with van der Waals surface area (Å²) in [6.07, 6.45) is 8.29. The number of hydrogen-bond acceptors (Lipinski definition) is 10. The van der Waals surface area contributed by atoms with Crippen molar-refractivity contribution >= 4 is 24.1 Å². The van der Waals surface area contributed by atoms with Crippen LogP contribution in [0.4, 0.5) is 9.59 Å². The first-order valence-electron chi connectivity index (χ1n) is 23.7. The van der Waals surface area contributed by atoms with Crippen LogP contribution in [0.2, 0.25) is 0 Å². The van der Waals surface area contributed by atoms with E-state index in [1.807, 2.05) is 65.8 Å². The summed E-state index contributed by atoms with van der Waals surface area (Å²) in [6, 6.07) is 32.4. The molecule has 2 atom stereocenters. The number of fused-ring (bicyclic) bond motifs is 2. The van der Waals surface area contributed by atoms with Gasteiger partial charge in [-0.25, -0.2) is 19.2 Å². The summed E-state index contributed by atoms with van der Waals surface area (Å²) < 4.78 is 21.4. The molecule has 0 bridgehead atoms. The summed E-state index contributed by atoms with van der Waals surface area (Å²) in [6.45, 7) is 16.4. The third kappa shape index (κ3) is 11.9. The Bertz CT molecular complexity index is 2690. The van der Waals surface area contributed by atoms with Crippen LogP contribution in [0.5, 0.6) is 0 Å². The van der Waals surface area contributed by atoms with Crippen molar-refractivity contribution in [3.05, 3.63) is 177 Å². The lowest BCUT2D eigenvalue weighted by Gasteiger charge is -2.29. The van der Waals surface area contributed by atoms with Crippen molar-refractivity contribution < 1.29 is 38.1 Å². The molecule has 0 saturated carbocycles. The first-order chi connectivity index (χ1) is 33.3. The normalized spacial score (nSPS) is 15.0. The number of pyridine rings is 2. The summed E-state index contributed by atoms with van der Waals surface area (Å²) >= 11 is 0. The van der Waals surface area contributed by atoms with E-state index in [9.17, 15) is 19.2 Å². The summed E-state index contributed by atoms with van der Waals surface area (Å²) in [7, 11) is 2.74. The average molecular weight is 945 g/mol. The van der Waals surface area contributed by atoms with Gasteiger partial charge in [-0.15, -0.1) is 0 Å². The van der Waals surface area contributed by atoms with E-state index in [-0.39, 0.29) is 36.2 Å². The van der Waals surface area contributed by atoms with Crippen molar-refractivity contribution in [2.24, 2.45) is 0 Å². The molecule has 12 nitrogen and oxygen atoms in total. The molecule has 2 aliphatic rings. The minimum Gasteiger partial charge on any atom is -0.465 e. The highest BCUT2D eigenvalue weighted by Gasteiger charge is 2.38. The Morgan fingerprint density at radius 2 is 0.943 bits per heavy atom. The fourth-order valence-electron chi connectivity index (χ4n) is 9.29. The molecule has 0 fully saturated rings. The van der Waals surface area contributed by atoms with Gasteiger partial charge in [-0.05, 0) is 172 Å². The number of esters is 2. The first-order valence-corrected chi connectivity index (χ1v) is 23.7. The Morgan fingerprint density at radius 3 is 1.30 bits per heavy atom. The highest BCUT2D eigenvalue weighted by atomic mass is 16.6. The lowest BCUT2D eigenvalue weighted by atomic mass is 9.93. The van der Waals surface area contributed by atoms with Crippen LogP contribution in [0, 0.1) is 13.8 Å². The number of carbonyl (C=O) groups excluding carboxylic acids is 4. The van der Waals surface area contributed by atoms with Gasteiger partial charge in [-0.1, -0.05) is 72.8 Å². The number of aryl methyl sites for hydroxylation is 4. The van der Waals surface area contributed by atoms with E-state index >= 15 is 0 Å². The second-order valence-electron chi connectivity index (χ2n) is 19.8. The maximum absolute atomic E-state index is 13.2. The number of methoxy groups -OCH3 is 2. The monoisotopic (exact) mass is 944 g/mol. The van der Waals surface area contributed by atoms with Crippen molar-refractivity contribution in [3.63, 3.8) is 0 Å². The minimum absolute atomic E-state index is 0.170. The van der Waals surface area contributed by atoms with Crippen LogP contribution >= 0.6 is 0 Å². The molecule has 8 rings (SSSR count). The van der Waals surface area contributed by atoms with Gasteiger partial charge in [0.05, 0.1) is 50.5 Å². The van der Waals surface area contributed by atoms with E-state index in [1.54, 1.807) is 46.7 Å². The van der Waals surface area contributed by atoms with Crippen molar-refractivity contribution in [2.45, 2.75) is 117 Å². The zero-order chi connectivity index (χ0) is 50.3. The summed E-state index contributed by atoms with van der Waals surface area (Å²) in [5.41, 5.74) is 12.9. The predicted molar refractivity (Wildman–Crippen MR) is 270 cm³/mol. The SMILES string of the molecule is COC(=O)c1ccncc1CC[C@@H]1c2ccc(-c3ccccc3C)cc2CN1C(=O)OC(C)(C)C.COC(=O)c1ccncc1CC[C@H]1c2ccc(-c3ccccc3C)cc2CN1C(=O)OC(C)(C)C. The summed E-state index contributed by atoms with van der Waals surface area (Å²) in [5.74, 6) is -0.776. The van der Waals surface area contributed by atoms with Gasteiger partial charge in [-0.3, -0.25) is 19.8 Å². The topological polar surface area (TPSA) is 137 Å². The molecule has 4 heterocycles. The largest absolute Gasteiger partial charge is 0.465 e. The number of benzene rings is 4. The molecule has 4 aromatic carbocycles. The number of nitrogens with zero attached hydrogens (tertiary/aromatic N) is 4. The lowest BCUT2D eigenvalue weighted by Crippen LogP contribution is -2.36. The van der Waals surface area contributed by atoms with Crippen LogP contribution in [-0.2, 0) is 44.9 Å². The van der Waals surface area contributed by atoms with Crippen molar-refractivity contribution in [1.82, 2.24) is 19.8 Å². The molecule has 364 valence electrons. The van der Waals surface area contributed by atoms with Crippen LogP contribution in [-0.4, -0.2) is 69.3 Å². The van der Waals surface area contributed by atoms with Crippen LogP contribution in [0.15, 0.2) is 122 Å². The maximum Gasteiger partial charge on any atom is 0.411 e. The van der Waals surface area contributed by atoms with E-state index in [0.29, 0.717) is 49.9 Å². The van der Waals surface area contributed by atoms with Crippen molar-refractivity contribution in [1.29, 1.82) is 0 Å². The second-order valence-corrected chi connectivity index (χ2v) is 19.8. The van der Waals surface area contributed by atoms with E-state index in [0.717, 1.165) is 44.5 Å². The Balaban J connectivity index is 0.000000206. The molecule has 0 unspecified atom stereocenters. The number of hydrogen-bond donors (Lipinski definition) is 0. The highest BCUT2D eigenvalue weighted by molar-refractivity contribution is 5.91. The highest BCUT2D eigenvalue weighted by Crippen LogP contribution is 2.42. The molecule has 0 radical (unpaired) electrons. The van der Waals surface area contributed by atoms with Crippen LogP contribution in [0.3, 0.4) is 0 Å². The average Bonchev–Trinajstić information content (AvgIpc) is 3.89. The lowest BCUT2D eigenvalue weighted by molar-refractivity contribution is 0.0154. The van der Waals surface area contributed by atoms with E-state index in [4.69, 9.17) is 18.9 Å². The fourth-order valence-corrected chi connectivity index (χ4v) is 9.29. The maximum atomic E-state index is 13.2. The van der Waals surface area contributed by atoms with Gasteiger partial charge >= 0.3 is 24.1 Å². The van der Waals surface area contributed by atoms with Crippen LogP contribution < -0.4 is 0 Å². The molecular formula is C58H64N4O8. The Hall–Kier alpha value is -7.34. The van der Waals surface area contributed by atoms with Gasteiger partial charge in [0.25, 0.3) is 0 Å². The minimum atomic E-state index is -0.593. The summed E-state index contributed by atoms with van der Waals surface area (Å²) in [4.78, 5) is 62.8. The Labute approximate surface area is 412 Å². The van der Waals surface area contributed by atoms with E-state index in [2.05, 4.69) is 84.5 Å². The van der Waals surface area contributed by atoms with Crippen molar-refractivity contribution in [2.75, 3.05) is 14.2 Å². The predicted octanol–water partition coefficient (Wildman–Crippen LogP) is 12.5. The molecule has 2 aromatic heterocycles. The zero-order valence-corrected chi connectivity index (χ0v) is 42.0. The molecule has 2 amide bonds. The standard InChI is InChI=1S/2C29H32N2O4/c2*1-19-8-6-7-9-23(19)20-10-12-24-22(16-20)18-31(28(33)35-29(2,3)4)26(24)13-11-21-17-30-15-14-25(21)27(32)34-5/h2*6-10,12,14-17,26H,11,13,18H2,1-5H3/t2*26-/m10/s1. The molecule has 12 heteroatoms. The van der Waals surface area contributed by atoms with Gasteiger partial charge in [0.1, 0.15) is 11.2 Å². The van der Waals surface area contributed by atoms with Gasteiger partial charge in [0, 0.05) is 24.8 Å². The molecular weight excluding hydrogens is 881 g/mol. The fraction of sp³-hybridized carbons (Fsp3) is 0.345. The van der Waals surface area contributed by atoms with Gasteiger partial charge in [-0.2, -0.15) is 0 Å². The number of ether oxygens (including phenoxy) is 4. The Kier molecular flexibility index (Phi) is 15.5. The number of aromatic nitrogens is 2. The molecule has 0 spiro atoms. The van der Waals surface area contributed by atoms with Gasteiger partial charge in [0.2, 0.25) is 0 Å². The Morgan fingerprint density at radius 1 is 0.557 bits per heavy atom. The third-order valence-electron chi connectivity index (χ3n) is 12.6. The third-order valence-corrected chi connectivity index (χ3v) is 12.6. The van der Waals surface area contributed by atoms with E-state index in [1.165, 1.54) is 36.5 Å². The molecule has 0 N–H and O–H groups in total. The molecule has 0 aliphatic carbocycles.